The number of sulfonamides is 1. The molecule has 1 aromatic heterocycles. The molecule has 0 unspecified atom stereocenters. The van der Waals surface area contributed by atoms with E-state index in [1.54, 1.807) is 25.1 Å². The van der Waals surface area contributed by atoms with E-state index in [2.05, 4.69) is 9.82 Å². The highest BCUT2D eigenvalue weighted by atomic mass is 32.2. The molecule has 0 saturated heterocycles. The quantitative estimate of drug-likeness (QED) is 0.628. The monoisotopic (exact) mass is 407 g/mol. The molecule has 2 aromatic carbocycles. The first-order valence-corrected chi connectivity index (χ1v) is 10.7. The summed E-state index contributed by atoms with van der Waals surface area (Å²) in [5.41, 5.74) is 1.93. The zero-order valence-corrected chi connectivity index (χ0v) is 16.1. The molecule has 0 saturated carbocycles. The lowest BCUT2D eigenvalue weighted by Crippen LogP contribution is -2.16. The van der Waals surface area contributed by atoms with Crippen LogP contribution in [0.1, 0.15) is 11.3 Å². The molecule has 3 rings (SSSR count). The minimum absolute atomic E-state index is 0.111. The van der Waals surface area contributed by atoms with Crippen molar-refractivity contribution in [2.24, 2.45) is 0 Å². The van der Waals surface area contributed by atoms with E-state index in [9.17, 15) is 16.8 Å². The minimum Gasteiger partial charge on any atom is -0.282 e. The van der Waals surface area contributed by atoms with Gasteiger partial charge in [-0.25, -0.2) is 13.1 Å². The third-order valence-corrected chi connectivity index (χ3v) is 6.02. The summed E-state index contributed by atoms with van der Waals surface area (Å²) in [4.78, 5) is -0.155. The number of nitrogens with one attached hydrogen (secondary N) is 1. The van der Waals surface area contributed by atoms with E-state index >= 15 is 0 Å². The van der Waals surface area contributed by atoms with Crippen LogP contribution in [0.3, 0.4) is 0 Å². The summed E-state index contributed by atoms with van der Waals surface area (Å²) < 4.78 is 60.5. The molecule has 0 aliphatic carbocycles. The molecule has 2 N–H and O–H groups in total. The smallest absolute Gasteiger partial charge is 0.282 e. The lowest BCUT2D eigenvalue weighted by molar-refractivity contribution is 0.483. The highest BCUT2D eigenvalue weighted by Crippen LogP contribution is 2.22. The predicted octanol–water partition coefficient (Wildman–Crippen LogP) is 2.54. The normalized spacial score (nSPS) is 12.1. The summed E-state index contributed by atoms with van der Waals surface area (Å²) >= 11 is 0. The number of aryl methyl sites for hydroxylation is 2. The molecule has 0 spiro atoms. The van der Waals surface area contributed by atoms with E-state index in [-0.39, 0.29) is 15.6 Å². The summed E-state index contributed by atoms with van der Waals surface area (Å²) in [6.07, 6.45) is 0. The van der Waals surface area contributed by atoms with Gasteiger partial charge >= 0.3 is 0 Å². The van der Waals surface area contributed by atoms with E-state index in [1.807, 2.05) is 6.92 Å². The van der Waals surface area contributed by atoms with Crippen LogP contribution < -0.4 is 4.72 Å². The van der Waals surface area contributed by atoms with Crippen LogP contribution >= 0.6 is 0 Å². The van der Waals surface area contributed by atoms with E-state index in [1.165, 1.54) is 41.1 Å². The average Bonchev–Trinajstić information content (AvgIpc) is 2.94. The van der Waals surface area contributed by atoms with E-state index < -0.39 is 20.1 Å². The second kappa shape index (κ2) is 6.80. The SMILES string of the molecule is Cc1ccc(S(=O)(=O)Nc2cc(C)nn2-c2ccc(S(=O)(=O)O)cc2)cc1. The lowest BCUT2D eigenvalue weighted by Gasteiger charge is -2.11. The van der Waals surface area contributed by atoms with Crippen molar-refractivity contribution in [2.75, 3.05) is 4.72 Å². The molecule has 3 aromatic rings. The molecule has 0 amide bonds. The number of anilines is 1. The number of benzene rings is 2. The summed E-state index contributed by atoms with van der Waals surface area (Å²) in [6.45, 7) is 3.56. The summed E-state index contributed by atoms with van der Waals surface area (Å²) in [5.74, 6) is 0.202. The van der Waals surface area contributed by atoms with Crippen molar-refractivity contribution in [3.8, 4) is 5.69 Å². The standard InChI is InChI=1S/C17H17N3O5S2/c1-12-3-7-15(8-4-12)26(21,22)19-17-11-13(2)18-20(17)14-5-9-16(10-6-14)27(23,24)25/h3-11,19H,1-2H3,(H,23,24,25). The fourth-order valence-electron chi connectivity index (χ4n) is 2.44. The van der Waals surface area contributed by atoms with Crippen LogP contribution in [0, 0.1) is 13.8 Å². The molecule has 8 nitrogen and oxygen atoms in total. The topological polar surface area (TPSA) is 118 Å². The Kier molecular flexibility index (Phi) is 4.81. The van der Waals surface area contributed by atoms with Crippen LogP contribution in [0.15, 0.2) is 64.4 Å². The van der Waals surface area contributed by atoms with E-state index in [0.717, 1.165) is 5.56 Å². The predicted molar refractivity (Wildman–Crippen MR) is 100 cm³/mol. The second-order valence-electron chi connectivity index (χ2n) is 5.97. The Bertz CT molecular complexity index is 1180. The summed E-state index contributed by atoms with van der Waals surface area (Å²) in [6, 6.07) is 13.2. The maximum atomic E-state index is 12.6. The number of hydrogen-bond acceptors (Lipinski definition) is 5. The van der Waals surface area contributed by atoms with Crippen molar-refractivity contribution >= 4 is 26.0 Å². The molecular weight excluding hydrogens is 390 g/mol. The molecule has 142 valence electrons. The zero-order valence-electron chi connectivity index (χ0n) is 14.5. The van der Waals surface area contributed by atoms with Gasteiger partial charge in [-0.1, -0.05) is 17.7 Å². The largest absolute Gasteiger partial charge is 0.294 e. The Morgan fingerprint density at radius 3 is 2.00 bits per heavy atom. The van der Waals surface area contributed by atoms with Crippen molar-refractivity contribution < 1.29 is 21.4 Å². The van der Waals surface area contributed by atoms with Crippen molar-refractivity contribution in [1.82, 2.24) is 9.78 Å². The molecule has 0 radical (unpaired) electrons. The second-order valence-corrected chi connectivity index (χ2v) is 9.07. The molecule has 27 heavy (non-hydrogen) atoms. The molecule has 10 heteroatoms. The Labute approximate surface area is 157 Å². The Morgan fingerprint density at radius 1 is 0.889 bits per heavy atom. The van der Waals surface area contributed by atoms with Crippen molar-refractivity contribution in [1.29, 1.82) is 0 Å². The van der Waals surface area contributed by atoms with Crippen molar-refractivity contribution in [3.05, 3.63) is 65.9 Å². The molecule has 0 aliphatic rings. The first-order chi connectivity index (χ1) is 12.6. The van der Waals surface area contributed by atoms with Gasteiger partial charge < -0.3 is 0 Å². The van der Waals surface area contributed by atoms with Gasteiger partial charge in [-0.2, -0.15) is 13.5 Å². The molecule has 0 fully saturated rings. The van der Waals surface area contributed by atoms with Crippen LogP contribution in [0.4, 0.5) is 5.82 Å². The van der Waals surface area contributed by atoms with Crippen molar-refractivity contribution in [2.45, 2.75) is 23.6 Å². The third-order valence-electron chi connectivity index (χ3n) is 3.78. The Hall–Kier alpha value is -2.69. The highest BCUT2D eigenvalue weighted by Gasteiger charge is 2.18. The van der Waals surface area contributed by atoms with Gasteiger partial charge in [0, 0.05) is 6.07 Å². The summed E-state index contributed by atoms with van der Waals surface area (Å²) in [7, 11) is -8.14. The van der Waals surface area contributed by atoms with Crippen LogP contribution in [-0.2, 0) is 20.1 Å². The van der Waals surface area contributed by atoms with Crippen LogP contribution in [0.2, 0.25) is 0 Å². The first kappa shape index (κ1) is 19.1. The summed E-state index contributed by atoms with van der Waals surface area (Å²) in [5, 5.41) is 4.24. The van der Waals surface area contributed by atoms with Crippen molar-refractivity contribution in [3.63, 3.8) is 0 Å². The molecule has 0 atom stereocenters. The molecule has 0 bridgehead atoms. The van der Waals surface area contributed by atoms with Gasteiger partial charge in [0.15, 0.2) is 0 Å². The third kappa shape index (κ3) is 4.18. The minimum atomic E-state index is -4.32. The average molecular weight is 407 g/mol. The maximum absolute atomic E-state index is 12.6. The van der Waals surface area contributed by atoms with Gasteiger partial charge in [0.25, 0.3) is 20.1 Å². The number of aromatic nitrogens is 2. The molecule has 0 aliphatic heterocycles. The fraction of sp³-hybridized carbons (Fsp3) is 0.118. The Balaban J connectivity index is 1.98. The van der Waals surface area contributed by atoms with Gasteiger partial charge in [0.1, 0.15) is 5.82 Å². The van der Waals surface area contributed by atoms with Crippen LogP contribution in [0.5, 0.6) is 0 Å². The molecular formula is C17H17N3O5S2. The van der Waals surface area contributed by atoms with Gasteiger partial charge in [-0.3, -0.25) is 9.27 Å². The fourth-order valence-corrected chi connectivity index (χ4v) is 3.96. The van der Waals surface area contributed by atoms with E-state index in [0.29, 0.717) is 11.4 Å². The maximum Gasteiger partial charge on any atom is 0.294 e. The van der Waals surface area contributed by atoms with Gasteiger partial charge in [0.2, 0.25) is 0 Å². The first-order valence-electron chi connectivity index (χ1n) is 7.80. The zero-order chi connectivity index (χ0) is 19.8. The van der Waals surface area contributed by atoms with Gasteiger partial charge in [-0.15, -0.1) is 0 Å². The molecule has 1 heterocycles. The van der Waals surface area contributed by atoms with E-state index in [4.69, 9.17) is 4.55 Å². The Morgan fingerprint density at radius 2 is 1.44 bits per heavy atom. The number of nitrogens with zero attached hydrogens (tertiary/aromatic N) is 2. The highest BCUT2D eigenvalue weighted by molar-refractivity contribution is 7.92. The lowest BCUT2D eigenvalue weighted by atomic mass is 10.2. The number of hydrogen-bond donors (Lipinski definition) is 2. The van der Waals surface area contributed by atoms with Crippen LogP contribution in [-0.4, -0.2) is 31.2 Å². The van der Waals surface area contributed by atoms with Crippen LogP contribution in [0.25, 0.3) is 5.69 Å². The number of rotatable bonds is 5. The van der Waals surface area contributed by atoms with Gasteiger partial charge in [0.05, 0.1) is 21.2 Å². The van der Waals surface area contributed by atoms with Gasteiger partial charge in [-0.05, 0) is 50.2 Å².